The molecule has 6 heteroatoms. The molecule has 0 saturated carbocycles. The van der Waals surface area contributed by atoms with Crippen molar-refractivity contribution in [3.05, 3.63) is 69.6 Å². The largest absolute Gasteiger partial charge is 0.483 e. The van der Waals surface area contributed by atoms with Crippen LogP contribution in [0.2, 0.25) is 0 Å². The van der Waals surface area contributed by atoms with Gasteiger partial charge in [-0.2, -0.15) is 0 Å². The van der Waals surface area contributed by atoms with Crippen molar-refractivity contribution >= 4 is 22.6 Å². The Morgan fingerprint density at radius 1 is 0.933 bits per heavy atom. The molecule has 0 spiro atoms. The molecule has 0 atom stereocenters. The zero-order valence-corrected chi connectivity index (χ0v) is 17.6. The quantitative estimate of drug-likeness (QED) is 0.621. The summed E-state index contributed by atoms with van der Waals surface area (Å²) < 4.78 is 11.3. The van der Waals surface area contributed by atoms with Crippen molar-refractivity contribution in [3.63, 3.8) is 0 Å². The number of piperazine rings is 1. The molecule has 1 saturated heterocycles. The number of nitrogens with zero attached hydrogens (tertiary/aromatic N) is 2. The summed E-state index contributed by atoms with van der Waals surface area (Å²) in [6.45, 7) is 8.42. The highest BCUT2D eigenvalue weighted by molar-refractivity contribution is 5.86. The molecule has 0 N–H and O–H groups in total. The number of aryl methyl sites for hydroxylation is 2. The molecular weight excluding hydrogens is 380 g/mol. The fraction of sp³-hybridized carbons (Fsp3) is 0.333. The SMILES string of the molecule is Cc1c(C)c2ccc(OCC(=O)N3CCN(c4ccccc4)CC3)c(C)c2oc1=O. The van der Waals surface area contributed by atoms with Gasteiger partial charge in [-0.05, 0) is 50.6 Å². The van der Waals surface area contributed by atoms with Crippen molar-refractivity contribution in [2.45, 2.75) is 20.8 Å². The Kier molecular flexibility index (Phi) is 5.48. The van der Waals surface area contributed by atoms with Gasteiger partial charge in [0.1, 0.15) is 11.3 Å². The second-order valence-corrected chi connectivity index (χ2v) is 7.70. The predicted molar refractivity (Wildman–Crippen MR) is 117 cm³/mol. The highest BCUT2D eigenvalue weighted by Gasteiger charge is 2.22. The van der Waals surface area contributed by atoms with E-state index in [0.29, 0.717) is 30.0 Å². The summed E-state index contributed by atoms with van der Waals surface area (Å²) in [6, 6.07) is 13.9. The molecule has 0 unspecified atom stereocenters. The van der Waals surface area contributed by atoms with E-state index < -0.39 is 0 Å². The van der Waals surface area contributed by atoms with Crippen LogP contribution in [0.15, 0.2) is 51.7 Å². The lowest BCUT2D eigenvalue weighted by Gasteiger charge is -2.36. The molecule has 0 bridgehead atoms. The predicted octanol–water partition coefficient (Wildman–Crippen LogP) is 3.45. The van der Waals surface area contributed by atoms with Crippen LogP contribution in [0.5, 0.6) is 5.75 Å². The van der Waals surface area contributed by atoms with Gasteiger partial charge in [0.25, 0.3) is 5.91 Å². The first-order valence-electron chi connectivity index (χ1n) is 10.2. The molecule has 4 rings (SSSR count). The minimum absolute atomic E-state index is 0.0350. The first kappa shape index (κ1) is 20.0. The molecule has 156 valence electrons. The van der Waals surface area contributed by atoms with Crippen LogP contribution in [-0.4, -0.2) is 43.6 Å². The van der Waals surface area contributed by atoms with Crippen LogP contribution in [-0.2, 0) is 4.79 Å². The maximum Gasteiger partial charge on any atom is 0.339 e. The molecular formula is C24H26N2O4. The number of ether oxygens (including phenoxy) is 1. The summed E-state index contributed by atoms with van der Waals surface area (Å²) in [4.78, 5) is 28.8. The number of amides is 1. The summed E-state index contributed by atoms with van der Waals surface area (Å²) in [7, 11) is 0. The van der Waals surface area contributed by atoms with Crippen molar-refractivity contribution in [1.82, 2.24) is 4.90 Å². The molecule has 0 aliphatic carbocycles. The van der Waals surface area contributed by atoms with Gasteiger partial charge in [-0.15, -0.1) is 0 Å². The summed E-state index contributed by atoms with van der Waals surface area (Å²) in [5.41, 5.74) is 3.61. The number of hydrogen-bond donors (Lipinski definition) is 0. The van der Waals surface area contributed by atoms with Crippen LogP contribution in [0.25, 0.3) is 11.0 Å². The lowest BCUT2D eigenvalue weighted by atomic mass is 10.0. The van der Waals surface area contributed by atoms with Crippen LogP contribution in [0.3, 0.4) is 0 Å². The highest BCUT2D eigenvalue weighted by atomic mass is 16.5. The minimum Gasteiger partial charge on any atom is -0.483 e. The second-order valence-electron chi connectivity index (χ2n) is 7.70. The van der Waals surface area contributed by atoms with Gasteiger partial charge in [-0.3, -0.25) is 4.79 Å². The Hall–Kier alpha value is -3.28. The van der Waals surface area contributed by atoms with Crippen molar-refractivity contribution < 1.29 is 13.9 Å². The monoisotopic (exact) mass is 406 g/mol. The van der Waals surface area contributed by atoms with Crippen LogP contribution in [0.1, 0.15) is 16.7 Å². The van der Waals surface area contributed by atoms with E-state index in [9.17, 15) is 9.59 Å². The zero-order valence-electron chi connectivity index (χ0n) is 17.6. The van der Waals surface area contributed by atoms with Crippen LogP contribution in [0.4, 0.5) is 5.69 Å². The van der Waals surface area contributed by atoms with Gasteiger partial charge < -0.3 is 19.0 Å². The average Bonchev–Trinajstić information content (AvgIpc) is 2.78. The Labute approximate surface area is 175 Å². The van der Waals surface area contributed by atoms with E-state index in [-0.39, 0.29) is 18.1 Å². The lowest BCUT2D eigenvalue weighted by molar-refractivity contribution is -0.133. The van der Waals surface area contributed by atoms with E-state index in [0.717, 1.165) is 29.6 Å². The molecule has 6 nitrogen and oxygen atoms in total. The molecule has 0 radical (unpaired) electrons. The molecule has 1 fully saturated rings. The van der Waals surface area contributed by atoms with Gasteiger partial charge in [0.15, 0.2) is 6.61 Å². The second kappa shape index (κ2) is 8.22. The van der Waals surface area contributed by atoms with Crippen molar-refractivity contribution in [3.8, 4) is 5.75 Å². The molecule has 30 heavy (non-hydrogen) atoms. The third-order valence-electron chi connectivity index (χ3n) is 5.93. The third-order valence-corrected chi connectivity index (χ3v) is 5.93. The van der Waals surface area contributed by atoms with Gasteiger partial charge >= 0.3 is 5.63 Å². The number of anilines is 1. The average molecular weight is 406 g/mol. The van der Waals surface area contributed by atoms with Gasteiger partial charge in [0.2, 0.25) is 0 Å². The third kappa shape index (κ3) is 3.77. The molecule has 2 heterocycles. The summed E-state index contributed by atoms with van der Waals surface area (Å²) in [5, 5.41) is 0.889. The van der Waals surface area contributed by atoms with Gasteiger partial charge in [-0.25, -0.2) is 4.79 Å². The Morgan fingerprint density at radius 3 is 2.33 bits per heavy atom. The molecule has 1 amide bonds. The van der Waals surface area contributed by atoms with E-state index in [4.69, 9.17) is 9.15 Å². The number of fused-ring (bicyclic) bond motifs is 1. The zero-order chi connectivity index (χ0) is 21.3. The highest BCUT2D eigenvalue weighted by Crippen LogP contribution is 2.29. The number of benzene rings is 2. The van der Waals surface area contributed by atoms with E-state index in [1.807, 2.05) is 49.1 Å². The molecule has 1 aliphatic rings. The Balaban J connectivity index is 1.41. The van der Waals surface area contributed by atoms with E-state index >= 15 is 0 Å². The molecule has 1 aromatic heterocycles. The first-order valence-corrected chi connectivity index (χ1v) is 10.2. The summed E-state index contributed by atoms with van der Waals surface area (Å²) in [5.74, 6) is 0.522. The summed E-state index contributed by atoms with van der Waals surface area (Å²) >= 11 is 0. The standard InChI is InChI=1S/C24H26N2O4/c1-16-17(2)24(28)30-23-18(3)21(10-9-20(16)23)29-15-22(27)26-13-11-25(12-14-26)19-7-5-4-6-8-19/h4-10H,11-15H2,1-3H3. The molecule has 3 aromatic rings. The van der Waals surface area contributed by atoms with E-state index in [1.165, 1.54) is 5.69 Å². The smallest absolute Gasteiger partial charge is 0.339 e. The van der Waals surface area contributed by atoms with Crippen molar-refractivity contribution in [1.29, 1.82) is 0 Å². The Morgan fingerprint density at radius 2 is 1.63 bits per heavy atom. The van der Waals surface area contributed by atoms with Crippen LogP contribution >= 0.6 is 0 Å². The van der Waals surface area contributed by atoms with Crippen LogP contribution < -0.4 is 15.3 Å². The van der Waals surface area contributed by atoms with E-state index in [1.54, 1.807) is 6.92 Å². The number of carbonyl (C=O) groups is 1. The normalized spacial score (nSPS) is 14.2. The maximum atomic E-state index is 12.7. The van der Waals surface area contributed by atoms with Gasteiger partial charge in [-0.1, -0.05) is 18.2 Å². The minimum atomic E-state index is -0.340. The number of hydrogen-bond acceptors (Lipinski definition) is 5. The molecule has 2 aromatic carbocycles. The maximum absolute atomic E-state index is 12.7. The van der Waals surface area contributed by atoms with Gasteiger partial charge in [0, 0.05) is 48.4 Å². The summed E-state index contributed by atoms with van der Waals surface area (Å²) in [6.07, 6.45) is 0. The molecule has 1 aliphatic heterocycles. The van der Waals surface area contributed by atoms with Crippen molar-refractivity contribution in [2.75, 3.05) is 37.7 Å². The lowest BCUT2D eigenvalue weighted by Crippen LogP contribution is -2.50. The van der Waals surface area contributed by atoms with Gasteiger partial charge in [0.05, 0.1) is 0 Å². The van der Waals surface area contributed by atoms with Crippen molar-refractivity contribution in [2.24, 2.45) is 0 Å². The first-order chi connectivity index (χ1) is 14.5. The topological polar surface area (TPSA) is 63.0 Å². The fourth-order valence-electron chi connectivity index (χ4n) is 3.86. The van der Waals surface area contributed by atoms with E-state index in [2.05, 4.69) is 17.0 Å². The number of carbonyl (C=O) groups excluding carboxylic acids is 1. The van der Waals surface area contributed by atoms with Crippen LogP contribution in [0, 0.1) is 20.8 Å². The number of para-hydroxylation sites is 1. The number of rotatable bonds is 4. The fourth-order valence-corrected chi connectivity index (χ4v) is 3.86. The Bertz CT molecular complexity index is 1130.